The van der Waals surface area contributed by atoms with Gasteiger partial charge in [-0.1, -0.05) is 26.7 Å². The molecule has 2 aliphatic carbocycles. The van der Waals surface area contributed by atoms with Crippen molar-refractivity contribution >= 4 is 0 Å². The molecule has 0 aromatic carbocycles. The Morgan fingerprint density at radius 1 is 0.714 bits per heavy atom. The molecule has 2 rings (SSSR count). The van der Waals surface area contributed by atoms with Crippen molar-refractivity contribution in [3.05, 3.63) is 0 Å². The predicted molar refractivity (Wildman–Crippen MR) is 48.5 cm³/mol. The summed E-state index contributed by atoms with van der Waals surface area (Å²) in [6.07, 6.45) is 9.07. The van der Waals surface area contributed by atoms with E-state index in [-0.39, 0.29) is 113 Å². The van der Waals surface area contributed by atoms with Gasteiger partial charge in [0.2, 0.25) is 0 Å². The average molecular weight is 272 g/mol. The first-order chi connectivity index (χ1) is 5.21. The van der Waals surface area contributed by atoms with Crippen LogP contribution >= 0.6 is 0 Å². The van der Waals surface area contributed by atoms with Crippen molar-refractivity contribution in [2.45, 2.75) is 52.4 Å². The maximum atomic E-state index is 2.50. The van der Waals surface area contributed by atoms with Crippen molar-refractivity contribution in [1.29, 1.82) is 0 Å². The second-order valence-corrected chi connectivity index (χ2v) is 5.08. The third-order valence-electron chi connectivity index (χ3n) is 4.31. The summed E-state index contributed by atoms with van der Waals surface area (Å²) in [6.45, 7) is 5.00. The minimum atomic E-state index is 0. The van der Waals surface area contributed by atoms with Crippen molar-refractivity contribution in [3.63, 3.8) is 0 Å². The van der Waals surface area contributed by atoms with E-state index in [1.54, 1.807) is 0 Å². The van der Waals surface area contributed by atoms with Crippen molar-refractivity contribution in [2.24, 2.45) is 17.3 Å². The molecule has 0 nitrogen and oxygen atoms in total. The van der Waals surface area contributed by atoms with E-state index in [0.29, 0.717) is 5.41 Å². The molecule has 14 heavy (non-hydrogen) atoms. The van der Waals surface area contributed by atoms with Gasteiger partial charge in [-0.15, -0.1) is 0 Å². The molecule has 2 aliphatic rings. The zero-order valence-corrected chi connectivity index (χ0v) is 11.1. The van der Waals surface area contributed by atoms with E-state index in [9.17, 15) is 0 Å². The third-order valence-corrected chi connectivity index (χ3v) is 4.31. The molecule has 0 amide bonds. The van der Waals surface area contributed by atoms with Crippen LogP contribution in [-0.4, -0.2) is 0 Å². The average Bonchev–Trinajstić information content (AvgIpc) is 1.46. The molecule has 0 radical (unpaired) electrons. The molecular formula is C11H20Ar3. The van der Waals surface area contributed by atoms with Crippen LogP contribution in [0.3, 0.4) is 0 Å². The van der Waals surface area contributed by atoms with Gasteiger partial charge in [-0.25, -0.2) is 0 Å². The summed E-state index contributed by atoms with van der Waals surface area (Å²) in [5, 5.41) is 0. The normalized spacial score (nSPS) is 21.9. The van der Waals surface area contributed by atoms with Gasteiger partial charge >= 0.3 is 0 Å². The van der Waals surface area contributed by atoms with Gasteiger partial charge < -0.3 is 0 Å². The largest absolute Gasteiger partial charge is 0.0594 e. The molecule has 0 unspecified atom stereocenters. The van der Waals surface area contributed by atoms with Gasteiger partial charge in [0, 0.05) is 113 Å². The molecule has 0 atom stereocenters. The van der Waals surface area contributed by atoms with E-state index in [2.05, 4.69) is 13.8 Å². The van der Waals surface area contributed by atoms with E-state index >= 15 is 0 Å². The van der Waals surface area contributed by atoms with Gasteiger partial charge in [0.15, 0.2) is 0 Å². The second-order valence-electron chi connectivity index (χ2n) is 5.08. The van der Waals surface area contributed by atoms with Crippen LogP contribution in [0.2, 0.25) is 0 Å². The molecule has 0 aliphatic heterocycles. The zero-order valence-electron chi connectivity index (χ0n) is 8.96. The second kappa shape index (κ2) is 8.81. The Morgan fingerprint density at radius 2 is 1.00 bits per heavy atom. The number of hydrogen-bond acceptors (Lipinski definition) is 0. The summed E-state index contributed by atoms with van der Waals surface area (Å²) in [6, 6.07) is 0. The standard InChI is InChI=1S/C11H20.3Ar/c1-11(2,9-5-3-6-9)10-7-4-8-10;;;/h9-10H,3-8H2,1-2H3;;;. The minimum absolute atomic E-state index is 0. The SMILES string of the molecule is CC(C)(C1CCC1)C1CCC1.[Ar].[Ar].[Ar]. The predicted octanol–water partition coefficient (Wildman–Crippen LogP) is 3.61. The Morgan fingerprint density at radius 3 is 1.14 bits per heavy atom. The monoisotopic (exact) mass is 272 g/mol. The summed E-state index contributed by atoms with van der Waals surface area (Å²) in [5.74, 6) is 2.15. The Labute approximate surface area is 179 Å². The smallest absolute Gasteiger partial charge is 0 e. The number of hydrogen-bond donors (Lipinski definition) is 0. The molecule has 0 spiro atoms. The van der Waals surface area contributed by atoms with Gasteiger partial charge in [-0.05, 0) is 42.9 Å². The van der Waals surface area contributed by atoms with Crippen molar-refractivity contribution < 1.29 is 113 Å². The quantitative estimate of drug-likeness (QED) is 0.720. The van der Waals surface area contributed by atoms with E-state index in [1.165, 1.54) is 38.5 Å². The molecule has 0 heterocycles. The fourth-order valence-corrected chi connectivity index (χ4v) is 2.64. The molecule has 0 aromatic rings. The number of rotatable bonds is 2. The van der Waals surface area contributed by atoms with Gasteiger partial charge in [-0.3, -0.25) is 0 Å². The van der Waals surface area contributed by atoms with Crippen LogP contribution in [0.1, 0.15) is 52.4 Å². The van der Waals surface area contributed by atoms with Gasteiger partial charge in [0.25, 0.3) is 0 Å². The fraction of sp³-hybridized carbons (Fsp3) is 1.00. The molecule has 0 bridgehead atoms. The van der Waals surface area contributed by atoms with Gasteiger partial charge in [-0.2, -0.15) is 0 Å². The van der Waals surface area contributed by atoms with Crippen LogP contribution in [0.25, 0.3) is 0 Å². The Kier molecular flexibility index (Phi) is 12.6. The fourth-order valence-electron chi connectivity index (χ4n) is 2.64. The minimum Gasteiger partial charge on any atom is -0.0594 e. The summed E-state index contributed by atoms with van der Waals surface area (Å²) in [5.41, 5.74) is 0.691. The van der Waals surface area contributed by atoms with Crippen LogP contribution in [0.4, 0.5) is 0 Å². The van der Waals surface area contributed by atoms with Gasteiger partial charge in [0.05, 0.1) is 0 Å². The maximum Gasteiger partial charge on any atom is 0 e. The molecule has 88 valence electrons. The summed E-state index contributed by atoms with van der Waals surface area (Å²) < 4.78 is 0. The summed E-state index contributed by atoms with van der Waals surface area (Å²) in [4.78, 5) is 0. The first-order valence-corrected chi connectivity index (χ1v) is 5.21. The first-order valence-electron chi connectivity index (χ1n) is 5.21. The first kappa shape index (κ1) is 20.1. The maximum absolute atomic E-state index is 2.50. The molecule has 0 N–H and O–H groups in total. The van der Waals surface area contributed by atoms with Crippen LogP contribution in [-0.2, 0) is 0 Å². The summed E-state index contributed by atoms with van der Waals surface area (Å²) >= 11 is 0. The van der Waals surface area contributed by atoms with E-state index in [1.807, 2.05) is 0 Å². The molecule has 3 heteroatoms. The van der Waals surface area contributed by atoms with Crippen LogP contribution in [0, 0.1) is 130 Å². The molecular weight excluding hydrogens is 252 g/mol. The van der Waals surface area contributed by atoms with Crippen molar-refractivity contribution in [3.8, 4) is 0 Å². The van der Waals surface area contributed by atoms with Crippen molar-refractivity contribution in [1.82, 2.24) is 0 Å². The van der Waals surface area contributed by atoms with Crippen molar-refractivity contribution in [2.75, 3.05) is 0 Å². The molecule has 2 saturated carbocycles. The summed E-state index contributed by atoms with van der Waals surface area (Å²) in [7, 11) is 0. The van der Waals surface area contributed by atoms with Crippen LogP contribution in [0.5, 0.6) is 0 Å². The van der Waals surface area contributed by atoms with Crippen LogP contribution in [0.15, 0.2) is 0 Å². The third kappa shape index (κ3) is 4.47. The molecule has 0 aromatic heterocycles. The van der Waals surface area contributed by atoms with Crippen LogP contribution < -0.4 is 0 Å². The van der Waals surface area contributed by atoms with E-state index in [0.717, 1.165) is 11.8 Å². The zero-order chi connectivity index (χ0) is 7.90. The van der Waals surface area contributed by atoms with E-state index in [4.69, 9.17) is 0 Å². The van der Waals surface area contributed by atoms with E-state index < -0.39 is 0 Å². The topological polar surface area (TPSA) is 0 Å². The Bertz CT molecular complexity index is 133. The Hall–Kier alpha value is 3.78. The molecule has 0 saturated heterocycles. The Balaban J connectivity index is 0. The van der Waals surface area contributed by atoms with Gasteiger partial charge in [0.1, 0.15) is 0 Å². The molecule has 2 fully saturated rings.